The molecule has 86 valence electrons. The van der Waals surface area contributed by atoms with Crippen molar-refractivity contribution in [2.24, 2.45) is 0 Å². The van der Waals surface area contributed by atoms with E-state index in [-0.39, 0.29) is 17.9 Å². The van der Waals surface area contributed by atoms with Crippen LogP contribution >= 0.6 is 15.9 Å². The first-order valence-corrected chi connectivity index (χ1v) is 6.40. The minimum Gasteiger partial charge on any atom is -0.357 e. The van der Waals surface area contributed by atoms with Gasteiger partial charge in [0.15, 0.2) is 0 Å². The zero-order chi connectivity index (χ0) is 11.3. The molecule has 1 aliphatic heterocycles. The van der Waals surface area contributed by atoms with Gasteiger partial charge in [0.2, 0.25) is 11.8 Å². The van der Waals surface area contributed by atoms with Crippen LogP contribution in [-0.4, -0.2) is 41.7 Å². The summed E-state index contributed by atoms with van der Waals surface area (Å²) < 4.78 is 0. The molecule has 0 bridgehead atoms. The van der Waals surface area contributed by atoms with E-state index in [0.29, 0.717) is 18.3 Å². The minimum atomic E-state index is -0.254. The Hall–Kier alpha value is -0.580. The zero-order valence-corrected chi connectivity index (χ0v) is 10.5. The average molecular weight is 277 g/mol. The van der Waals surface area contributed by atoms with Crippen LogP contribution in [-0.2, 0) is 9.59 Å². The first kappa shape index (κ1) is 12.5. The third-order valence-corrected chi connectivity index (χ3v) is 3.08. The van der Waals surface area contributed by atoms with Crippen LogP contribution in [0.25, 0.3) is 0 Å². The Morgan fingerprint density at radius 1 is 1.47 bits per heavy atom. The Morgan fingerprint density at radius 3 is 2.80 bits per heavy atom. The third kappa shape index (κ3) is 3.19. The van der Waals surface area contributed by atoms with Crippen LogP contribution in [0.1, 0.15) is 25.7 Å². The lowest BCUT2D eigenvalue weighted by atomic mass is 10.0. The van der Waals surface area contributed by atoms with Crippen LogP contribution in [0.3, 0.4) is 0 Å². The molecule has 1 unspecified atom stereocenters. The maximum Gasteiger partial charge on any atom is 0.242 e. The number of likely N-dealkylation sites (tertiary alicyclic amines) is 1. The molecule has 0 radical (unpaired) electrons. The van der Waals surface area contributed by atoms with Gasteiger partial charge in [0.1, 0.15) is 6.04 Å². The molecule has 0 aromatic rings. The van der Waals surface area contributed by atoms with E-state index in [4.69, 9.17) is 0 Å². The molecular weight excluding hydrogens is 260 g/mol. The number of nitrogens with zero attached hydrogens (tertiary/aromatic N) is 1. The number of amides is 2. The summed E-state index contributed by atoms with van der Waals surface area (Å²) in [5.74, 6) is 0.0257. The molecule has 0 aromatic carbocycles. The third-order valence-electron chi connectivity index (χ3n) is 2.68. The fourth-order valence-electron chi connectivity index (χ4n) is 1.89. The number of rotatable bonds is 3. The van der Waals surface area contributed by atoms with Crippen LogP contribution in [0.5, 0.6) is 0 Å². The molecule has 1 fully saturated rings. The maximum absolute atomic E-state index is 11.7. The summed E-state index contributed by atoms with van der Waals surface area (Å²) in [7, 11) is 1.62. The highest BCUT2D eigenvalue weighted by molar-refractivity contribution is 9.09. The van der Waals surface area contributed by atoms with Gasteiger partial charge < -0.3 is 10.2 Å². The van der Waals surface area contributed by atoms with Crippen molar-refractivity contribution in [1.29, 1.82) is 0 Å². The molecule has 1 N–H and O–H groups in total. The minimum absolute atomic E-state index is 0.0439. The van der Waals surface area contributed by atoms with E-state index in [1.54, 1.807) is 11.9 Å². The van der Waals surface area contributed by atoms with Gasteiger partial charge in [-0.2, -0.15) is 0 Å². The van der Waals surface area contributed by atoms with Gasteiger partial charge in [0.25, 0.3) is 0 Å². The van der Waals surface area contributed by atoms with Gasteiger partial charge in [-0.1, -0.05) is 15.9 Å². The maximum atomic E-state index is 11.7. The van der Waals surface area contributed by atoms with E-state index in [2.05, 4.69) is 21.2 Å². The van der Waals surface area contributed by atoms with Crippen LogP contribution in [0.4, 0.5) is 0 Å². The van der Waals surface area contributed by atoms with Crippen molar-refractivity contribution in [2.75, 3.05) is 18.9 Å². The first-order valence-electron chi connectivity index (χ1n) is 5.27. The summed E-state index contributed by atoms with van der Waals surface area (Å²) >= 11 is 3.24. The van der Waals surface area contributed by atoms with E-state index >= 15 is 0 Å². The number of carbonyl (C=O) groups is 2. The van der Waals surface area contributed by atoms with Gasteiger partial charge >= 0.3 is 0 Å². The fourth-order valence-corrected chi connectivity index (χ4v) is 2.23. The van der Waals surface area contributed by atoms with Crippen LogP contribution in [0.15, 0.2) is 0 Å². The lowest BCUT2D eigenvalue weighted by Gasteiger charge is -2.34. The number of hydrogen-bond acceptors (Lipinski definition) is 2. The van der Waals surface area contributed by atoms with Crippen molar-refractivity contribution in [2.45, 2.75) is 31.7 Å². The van der Waals surface area contributed by atoms with Crippen LogP contribution < -0.4 is 5.32 Å². The van der Waals surface area contributed by atoms with Crippen molar-refractivity contribution in [3.05, 3.63) is 0 Å². The van der Waals surface area contributed by atoms with Crippen molar-refractivity contribution < 1.29 is 9.59 Å². The number of alkyl halides is 1. The predicted octanol–water partition coefficient (Wildman–Crippen LogP) is 0.898. The number of carbonyl (C=O) groups excluding carboxylic acids is 2. The Morgan fingerprint density at radius 2 is 2.20 bits per heavy atom. The topological polar surface area (TPSA) is 49.4 Å². The highest BCUT2D eigenvalue weighted by atomic mass is 79.9. The van der Waals surface area contributed by atoms with E-state index in [9.17, 15) is 9.59 Å². The number of likely N-dealkylation sites (N-methyl/N-ethyl adjacent to an activating group) is 1. The molecule has 1 heterocycles. The second-order valence-electron chi connectivity index (χ2n) is 3.65. The molecule has 0 aliphatic carbocycles. The van der Waals surface area contributed by atoms with E-state index in [1.807, 2.05) is 0 Å². The zero-order valence-electron chi connectivity index (χ0n) is 8.96. The lowest BCUT2D eigenvalue weighted by Crippen LogP contribution is -2.51. The highest BCUT2D eigenvalue weighted by Crippen LogP contribution is 2.18. The molecule has 0 aromatic heterocycles. The summed E-state index contributed by atoms with van der Waals surface area (Å²) in [6, 6.07) is -0.254. The van der Waals surface area contributed by atoms with Gasteiger partial charge in [-0.25, -0.2) is 0 Å². The molecule has 1 atom stereocenters. The first-order chi connectivity index (χ1) is 7.20. The number of piperidine rings is 1. The Kier molecular flexibility index (Phi) is 5.08. The summed E-state index contributed by atoms with van der Waals surface area (Å²) in [4.78, 5) is 25.0. The molecule has 5 heteroatoms. The standard InChI is InChI=1S/C10H17BrN2O2/c1-12-10(15)8-4-2-3-7-13(8)9(14)5-6-11/h8H,2-7H2,1H3,(H,12,15). The fraction of sp³-hybridized carbons (Fsp3) is 0.800. The van der Waals surface area contributed by atoms with Gasteiger partial charge in [0, 0.05) is 25.3 Å². The second-order valence-corrected chi connectivity index (χ2v) is 4.44. The highest BCUT2D eigenvalue weighted by Gasteiger charge is 2.30. The number of halogens is 1. The van der Waals surface area contributed by atoms with E-state index in [1.165, 1.54) is 0 Å². The van der Waals surface area contributed by atoms with Crippen LogP contribution in [0, 0.1) is 0 Å². The molecule has 0 spiro atoms. The van der Waals surface area contributed by atoms with Gasteiger partial charge in [-0.15, -0.1) is 0 Å². The summed E-state index contributed by atoms with van der Waals surface area (Å²) in [5.41, 5.74) is 0. The average Bonchev–Trinajstić information content (AvgIpc) is 2.28. The Bertz CT molecular complexity index is 246. The van der Waals surface area contributed by atoms with Crippen molar-refractivity contribution in [3.63, 3.8) is 0 Å². The van der Waals surface area contributed by atoms with E-state index < -0.39 is 0 Å². The lowest BCUT2D eigenvalue weighted by molar-refractivity contribution is -0.141. The quantitative estimate of drug-likeness (QED) is 0.779. The van der Waals surface area contributed by atoms with Crippen molar-refractivity contribution >= 4 is 27.7 Å². The SMILES string of the molecule is CNC(=O)C1CCCCN1C(=O)CCBr. The Labute approximate surface area is 98.5 Å². The van der Waals surface area contributed by atoms with E-state index in [0.717, 1.165) is 19.3 Å². The molecule has 1 rings (SSSR count). The molecule has 15 heavy (non-hydrogen) atoms. The molecule has 2 amide bonds. The summed E-state index contributed by atoms with van der Waals surface area (Å²) in [5, 5.41) is 3.27. The second kappa shape index (κ2) is 6.10. The smallest absolute Gasteiger partial charge is 0.242 e. The van der Waals surface area contributed by atoms with Gasteiger partial charge in [-0.05, 0) is 19.3 Å². The van der Waals surface area contributed by atoms with Gasteiger partial charge in [-0.3, -0.25) is 9.59 Å². The summed E-state index contributed by atoms with van der Waals surface area (Å²) in [6.45, 7) is 0.712. The normalized spacial score (nSPS) is 21.2. The molecule has 4 nitrogen and oxygen atoms in total. The number of hydrogen-bond donors (Lipinski definition) is 1. The molecule has 0 saturated carbocycles. The number of nitrogens with one attached hydrogen (secondary N) is 1. The monoisotopic (exact) mass is 276 g/mol. The molecule has 1 aliphatic rings. The van der Waals surface area contributed by atoms with Crippen LogP contribution in [0.2, 0.25) is 0 Å². The molecular formula is C10H17BrN2O2. The largest absolute Gasteiger partial charge is 0.357 e. The summed E-state index contributed by atoms with van der Waals surface area (Å²) in [6.07, 6.45) is 3.28. The van der Waals surface area contributed by atoms with Crippen molar-refractivity contribution in [1.82, 2.24) is 10.2 Å². The van der Waals surface area contributed by atoms with Gasteiger partial charge in [0.05, 0.1) is 0 Å². The van der Waals surface area contributed by atoms with Crippen molar-refractivity contribution in [3.8, 4) is 0 Å². The predicted molar refractivity (Wildman–Crippen MR) is 61.8 cm³/mol. The Balaban J connectivity index is 2.65. The molecule has 1 saturated heterocycles.